The fourth-order valence-electron chi connectivity index (χ4n) is 11.1. The van der Waals surface area contributed by atoms with Gasteiger partial charge in [0.2, 0.25) is 0 Å². The highest BCUT2D eigenvalue weighted by Gasteiger charge is 2.50. The molecule has 2 aliphatic carbocycles. The second-order valence-corrected chi connectivity index (χ2v) is 19.7. The molecule has 4 fully saturated rings. The molecule has 4 N–H and O–H groups in total. The fourth-order valence-corrected chi connectivity index (χ4v) is 11.8. The summed E-state index contributed by atoms with van der Waals surface area (Å²) in [6.07, 6.45) is 13.0. The number of hydrogen-bond acceptors (Lipinski definition) is 11. The third-order valence-electron chi connectivity index (χ3n) is 14.6. The van der Waals surface area contributed by atoms with Gasteiger partial charge in [-0.1, -0.05) is 38.1 Å². The summed E-state index contributed by atoms with van der Waals surface area (Å²) in [4.78, 5) is 39.0. The number of carbonyl (C=O) groups excluding carboxylic acids is 1. The summed E-state index contributed by atoms with van der Waals surface area (Å²) in [6, 6.07) is 20.8. The Morgan fingerprint density at radius 3 is 2.65 bits per heavy atom. The van der Waals surface area contributed by atoms with E-state index < -0.39 is 11.7 Å². The number of aromatic amines is 1. The molecule has 14 heteroatoms. The van der Waals surface area contributed by atoms with Crippen LogP contribution in [-0.2, 0) is 0 Å². The number of fused-ring (bicyclic) bond motifs is 2. The van der Waals surface area contributed by atoms with Gasteiger partial charge in [0.15, 0.2) is 0 Å². The number of piperidine rings is 1. The first-order valence-electron chi connectivity index (χ1n) is 22.7. The van der Waals surface area contributed by atoms with Crippen molar-refractivity contribution in [2.75, 3.05) is 36.5 Å². The number of hydrogen-bond donors (Lipinski definition) is 4. The number of nitroso groups, excluding NO2 is 1. The van der Waals surface area contributed by atoms with Gasteiger partial charge in [-0.05, 0) is 147 Å². The lowest BCUT2D eigenvalue weighted by Crippen LogP contribution is -2.54. The number of amides is 1. The number of pyridine rings is 1. The van der Waals surface area contributed by atoms with Crippen molar-refractivity contribution in [3.8, 4) is 17.2 Å². The minimum Gasteiger partial charge on any atom is -0.489 e. The Kier molecular flexibility index (Phi) is 11.6. The smallest absolute Gasteiger partial charge is 0.265 e. The number of nitrogens with zero attached hydrogens (tertiary/aromatic N) is 4. The third kappa shape index (κ3) is 8.37. The van der Waals surface area contributed by atoms with Gasteiger partial charge in [-0.25, -0.2) is 9.37 Å². The topological polar surface area (TPSA) is 144 Å². The van der Waals surface area contributed by atoms with Gasteiger partial charge in [0.1, 0.15) is 46.7 Å². The average molecular weight is 874 g/mol. The van der Waals surface area contributed by atoms with E-state index in [0.717, 1.165) is 69.2 Å². The Balaban J connectivity index is 0.828. The van der Waals surface area contributed by atoms with Crippen LogP contribution in [-0.4, -0.2) is 70.3 Å². The molecule has 1 spiro atoms. The molecule has 330 valence electrons. The Morgan fingerprint density at radius 2 is 1.86 bits per heavy atom. The maximum absolute atomic E-state index is 14.6. The summed E-state index contributed by atoms with van der Waals surface area (Å²) >= 11 is 1.06. The molecule has 2 atom stereocenters. The quantitative estimate of drug-likeness (QED) is 0.0748. The molecule has 5 heterocycles. The number of ether oxygens (including phenoxy) is 2. The van der Waals surface area contributed by atoms with E-state index >= 15 is 0 Å². The summed E-state index contributed by atoms with van der Waals surface area (Å²) in [6.45, 7) is 8.02. The number of rotatable bonds is 11. The van der Waals surface area contributed by atoms with Gasteiger partial charge in [-0.2, -0.15) is 0 Å². The third-order valence-corrected chi connectivity index (χ3v) is 15.4. The highest BCUT2D eigenvalue weighted by molar-refractivity contribution is 7.98. The molecule has 10 rings (SSSR count). The van der Waals surface area contributed by atoms with Crippen molar-refractivity contribution in [2.24, 2.45) is 16.5 Å². The molecule has 0 bridgehead atoms. The van der Waals surface area contributed by atoms with Crippen LogP contribution in [0, 0.1) is 22.1 Å². The van der Waals surface area contributed by atoms with Gasteiger partial charge >= 0.3 is 0 Å². The van der Waals surface area contributed by atoms with Gasteiger partial charge in [0, 0.05) is 48.0 Å². The van der Waals surface area contributed by atoms with E-state index in [2.05, 4.69) is 73.1 Å². The second kappa shape index (κ2) is 17.4. The largest absolute Gasteiger partial charge is 0.489 e. The Labute approximate surface area is 371 Å². The van der Waals surface area contributed by atoms with E-state index in [9.17, 15) is 19.2 Å². The summed E-state index contributed by atoms with van der Waals surface area (Å²) in [5.74, 6) is 1.11. The number of halogens is 1. The van der Waals surface area contributed by atoms with Crippen molar-refractivity contribution in [3.63, 3.8) is 0 Å². The molecule has 12 nitrogen and oxygen atoms in total. The van der Waals surface area contributed by atoms with Gasteiger partial charge in [0.05, 0.1) is 29.3 Å². The van der Waals surface area contributed by atoms with Crippen LogP contribution in [0.25, 0.3) is 11.0 Å². The van der Waals surface area contributed by atoms with Crippen molar-refractivity contribution >= 4 is 46.0 Å². The number of aromatic nitrogens is 2. The van der Waals surface area contributed by atoms with Gasteiger partial charge in [-0.3, -0.25) is 14.4 Å². The van der Waals surface area contributed by atoms with Gasteiger partial charge in [-0.15, -0.1) is 4.91 Å². The first-order valence-corrected chi connectivity index (χ1v) is 23.6. The van der Waals surface area contributed by atoms with Crippen LogP contribution < -0.4 is 24.4 Å². The SMILES string of the molecule is CC(C)c1ccccc1C1CCCN1C1CC2(CCN(c3ccc(C(=O)NSc4cc(N=O)c5c(c4)OC[C@H](C4CCC(O)CC4)N5)c(Oc4cnc5[nH]cc(F)c5c4)c3)CC2)C1. The summed E-state index contributed by atoms with van der Waals surface area (Å²) in [5, 5.41) is 17.1. The Morgan fingerprint density at radius 1 is 1.05 bits per heavy atom. The van der Waals surface area contributed by atoms with Crippen LogP contribution in [0.3, 0.4) is 0 Å². The van der Waals surface area contributed by atoms with Crippen LogP contribution in [0.2, 0.25) is 0 Å². The van der Waals surface area contributed by atoms with Crippen LogP contribution in [0.4, 0.5) is 21.5 Å². The lowest BCUT2D eigenvalue weighted by Gasteiger charge is -2.56. The zero-order chi connectivity index (χ0) is 43.2. The van der Waals surface area contributed by atoms with E-state index in [4.69, 9.17) is 9.47 Å². The molecular formula is C49H56FN7O5S. The van der Waals surface area contributed by atoms with Crippen LogP contribution in [0.15, 0.2) is 83.1 Å². The molecule has 1 amide bonds. The van der Waals surface area contributed by atoms with E-state index in [1.54, 1.807) is 24.3 Å². The number of aliphatic hydroxyl groups excluding tert-OH is 1. The maximum atomic E-state index is 14.6. The standard InChI is InChI=1S/C49H56FN7O5S/c1-29(2)36-6-3-4-7-37(36)43-8-5-17-57(43)32-24-49(25-32)15-18-56(19-16-49)31-11-14-38(44(20-31)62-34-21-39-40(50)27-52-47(39)51-26-34)48(59)55-63-35-22-41(54-60)46-45(23-35)61-28-42(53-46)30-9-12-33(58)13-10-30/h3-4,6-7,11,14,20-23,26-27,29-30,32-33,42-43,53,58H,5,8-10,12-13,15-19,24-25,28H2,1-2H3,(H,51,52)(H,55,59)/t30?,33?,42-,43?/m1/s1. The first kappa shape index (κ1) is 41.8. The minimum absolute atomic E-state index is 0.0119. The van der Waals surface area contributed by atoms with Crippen molar-refractivity contribution in [2.45, 2.75) is 113 Å². The number of nitrogens with one attached hydrogen (secondary N) is 3. The Bertz CT molecular complexity index is 2490. The molecule has 5 aliphatic rings. The van der Waals surface area contributed by atoms with Crippen molar-refractivity contribution in [1.29, 1.82) is 0 Å². The molecule has 3 aliphatic heterocycles. The minimum atomic E-state index is -0.440. The van der Waals surface area contributed by atoms with Crippen LogP contribution in [0.5, 0.6) is 17.2 Å². The second-order valence-electron chi connectivity index (χ2n) is 18.8. The number of likely N-dealkylation sites (tertiary alicyclic amines) is 1. The van der Waals surface area contributed by atoms with Crippen molar-refractivity contribution < 1.29 is 23.8 Å². The summed E-state index contributed by atoms with van der Waals surface area (Å²) < 4.78 is 30.1. The first-order chi connectivity index (χ1) is 30.6. The van der Waals surface area contributed by atoms with Crippen molar-refractivity contribution in [3.05, 3.63) is 100 Å². The van der Waals surface area contributed by atoms with E-state index in [-0.39, 0.29) is 17.8 Å². The van der Waals surface area contributed by atoms with Crippen molar-refractivity contribution in [1.82, 2.24) is 19.6 Å². The molecule has 0 radical (unpaired) electrons. The van der Waals surface area contributed by atoms with Gasteiger partial charge < -0.3 is 29.8 Å². The number of carbonyl (C=O) groups is 1. The molecule has 63 heavy (non-hydrogen) atoms. The molecule has 5 aromatic rings. The highest BCUT2D eigenvalue weighted by Crippen LogP contribution is 2.54. The lowest BCUT2D eigenvalue weighted by atomic mass is 9.59. The summed E-state index contributed by atoms with van der Waals surface area (Å²) in [7, 11) is 0. The lowest BCUT2D eigenvalue weighted by molar-refractivity contribution is -0.0227. The fraction of sp³-hybridized carbons (Fsp3) is 0.469. The van der Waals surface area contributed by atoms with Crippen LogP contribution >= 0.6 is 11.9 Å². The normalized spacial score (nSPS) is 23.5. The number of H-pyrrole nitrogens is 1. The van der Waals surface area contributed by atoms with Crippen LogP contribution in [0.1, 0.15) is 112 Å². The van der Waals surface area contributed by atoms with E-state index in [1.165, 1.54) is 55.7 Å². The molecule has 2 saturated carbocycles. The van der Waals surface area contributed by atoms with E-state index in [1.807, 2.05) is 12.1 Å². The Hall–Kier alpha value is -5.18. The van der Waals surface area contributed by atoms with Gasteiger partial charge in [0.25, 0.3) is 5.91 Å². The predicted molar refractivity (Wildman–Crippen MR) is 245 cm³/mol. The number of aliphatic hydroxyl groups is 1. The zero-order valence-corrected chi connectivity index (χ0v) is 36.8. The molecule has 1 unspecified atom stereocenters. The number of benzene rings is 3. The number of anilines is 2. The predicted octanol–water partition coefficient (Wildman–Crippen LogP) is 10.8. The molecule has 3 aromatic carbocycles. The molecule has 2 aromatic heterocycles. The maximum Gasteiger partial charge on any atom is 0.265 e. The van der Waals surface area contributed by atoms with E-state index in [0.29, 0.717) is 80.4 Å². The average Bonchev–Trinajstić information content (AvgIpc) is 3.93. The molecule has 2 saturated heterocycles. The highest BCUT2D eigenvalue weighted by atomic mass is 32.2. The summed E-state index contributed by atoms with van der Waals surface area (Å²) in [5.41, 5.74) is 5.75. The zero-order valence-electron chi connectivity index (χ0n) is 35.9. The molecular weight excluding hydrogens is 818 g/mol. The monoisotopic (exact) mass is 873 g/mol.